The van der Waals surface area contributed by atoms with Gasteiger partial charge in [0.05, 0.1) is 32.5 Å². The first-order chi connectivity index (χ1) is 7.36. The Morgan fingerprint density at radius 1 is 1.20 bits per heavy atom. The minimum absolute atomic E-state index is 0.0263. The Hall–Kier alpha value is -1.60. The molecule has 0 fully saturated rings. The molecule has 0 radical (unpaired) electrons. The number of aliphatic hydroxyl groups excluding tert-OH is 2. The molecule has 7 nitrogen and oxygen atoms in total. The van der Waals surface area contributed by atoms with E-state index in [9.17, 15) is 0 Å². The molecule has 2 rings (SSSR count). The average Bonchev–Trinajstić information content (AvgIpc) is 2.78. The molecule has 0 aromatic carbocycles. The van der Waals surface area contributed by atoms with Crippen LogP contribution in [0.4, 0.5) is 0 Å². The van der Waals surface area contributed by atoms with Crippen LogP contribution in [0.5, 0.6) is 0 Å². The molecule has 2 aromatic rings. The molecule has 0 saturated carbocycles. The highest BCUT2D eigenvalue weighted by molar-refractivity contribution is 5.36. The predicted molar refractivity (Wildman–Crippen MR) is 53.1 cm³/mol. The van der Waals surface area contributed by atoms with Crippen LogP contribution in [-0.2, 0) is 0 Å². The fourth-order valence-electron chi connectivity index (χ4n) is 1.47. The van der Waals surface area contributed by atoms with E-state index in [0.717, 1.165) is 5.65 Å². The average molecular weight is 211 g/mol. The SMILES string of the molecule is OCCN(CCO)n1cnn2cncc12. The number of fused-ring (bicyclic) bond motifs is 1. The summed E-state index contributed by atoms with van der Waals surface area (Å²) in [5, 5.41) is 23.7. The van der Waals surface area contributed by atoms with Gasteiger partial charge in [-0.1, -0.05) is 0 Å². The fraction of sp³-hybridized carbons (Fsp3) is 0.500. The van der Waals surface area contributed by atoms with E-state index in [0.29, 0.717) is 13.1 Å². The van der Waals surface area contributed by atoms with E-state index in [1.54, 1.807) is 33.1 Å². The summed E-state index contributed by atoms with van der Waals surface area (Å²) in [7, 11) is 0. The van der Waals surface area contributed by atoms with Gasteiger partial charge in [-0.05, 0) is 0 Å². The molecule has 0 aliphatic rings. The normalized spacial score (nSPS) is 11.1. The molecular weight excluding hydrogens is 198 g/mol. The summed E-state index contributed by atoms with van der Waals surface area (Å²) in [6, 6.07) is 0. The van der Waals surface area contributed by atoms with E-state index in [2.05, 4.69) is 10.1 Å². The Bertz CT molecular complexity index is 417. The Morgan fingerprint density at radius 3 is 2.60 bits per heavy atom. The fourth-order valence-corrected chi connectivity index (χ4v) is 1.47. The summed E-state index contributed by atoms with van der Waals surface area (Å²) < 4.78 is 3.39. The van der Waals surface area contributed by atoms with Crippen molar-refractivity contribution >= 4 is 5.65 Å². The first-order valence-corrected chi connectivity index (χ1v) is 4.69. The molecule has 2 aromatic heterocycles. The monoisotopic (exact) mass is 211 g/mol. The second kappa shape index (κ2) is 4.28. The molecule has 0 unspecified atom stereocenters. The van der Waals surface area contributed by atoms with Gasteiger partial charge < -0.3 is 15.2 Å². The Morgan fingerprint density at radius 2 is 1.93 bits per heavy atom. The van der Waals surface area contributed by atoms with Crippen LogP contribution < -0.4 is 5.01 Å². The van der Waals surface area contributed by atoms with Gasteiger partial charge in [-0.15, -0.1) is 0 Å². The van der Waals surface area contributed by atoms with Crippen LogP contribution in [0.1, 0.15) is 0 Å². The maximum Gasteiger partial charge on any atom is 0.174 e. The smallest absolute Gasteiger partial charge is 0.174 e. The lowest BCUT2D eigenvalue weighted by molar-refractivity contribution is 0.266. The van der Waals surface area contributed by atoms with Gasteiger partial charge in [0.25, 0.3) is 0 Å². The summed E-state index contributed by atoms with van der Waals surface area (Å²) in [5.74, 6) is 0. The summed E-state index contributed by atoms with van der Waals surface area (Å²) in [5.41, 5.74) is 0.803. The van der Waals surface area contributed by atoms with E-state index in [1.165, 1.54) is 0 Å². The van der Waals surface area contributed by atoms with Crippen LogP contribution in [0.2, 0.25) is 0 Å². The molecule has 0 spiro atoms. The molecule has 82 valence electrons. The molecule has 0 bridgehead atoms. The lowest BCUT2D eigenvalue weighted by atomic mass is 10.6. The van der Waals surface area contributed by atoms with Gasteiger partial charge in [-0.2, -0.15) is 5.10 Å². The number of nitrogens with zero attached hydrogens (tertiary/aromatic N) is 5. The molecule has 0 saturated heterocycles. The van der Waals surface area contributed by atoms with Gasteiger partial charge >= 0.3 is 0 Å². The van der Waals surface area contributed by atoms with Crippen LogP contribution in [-0.4, -0.2) is 55.8 Å². The van der Waals surface area contributed by atoms with Crippen molar-refractivity contribution in [1.82, 2.24) is 19.3 Å². The summed E-state index contributed by atoms with van der Waals surface area (Å²) in [6.07, 6.45) is 4.90. The highest BCUT2D eigenvalue weighted by atomic mass is 16.3. The zero-order valence-corrected chi connectivity index (χ0v) is 8.19. The van der Waals surface area contributed by atoms with E-state index in [4.69, 9.17) is 10.2 Å². The zero-order chi connectivity index (χ0) is 10.7. The van der Waals surface area contributed by atoms with Gasteiger partial charge in [0.2, 0.25) is 0 Å². The zero-order valence-electron chi connectivity index (χ0n) is 8.19. The summed E-state index contributed by atoms with van der Waals surface area (Å²) >= 11 is 0. The number of hydrogen-bond acceptors (Lipinski definition) is 5. The van der Waals surface area contributed by atoms with Crippen molar-refractivity contribution in [3.8, 4) is 0 Å². The highest BCUT2D eigenvalue weighted by Crippen LogP contribution is 2.02. The van der Waals surface area contributed by atoms with Crippen LogP contribution in [0, 0.1) is 0 Å². The minimum atomic E-state index is 0.0263. The lowest BCUT2D eigenvalue weighted by Gasteiger charge is -2.23. The van der Waals surface area contributed by atoms with Crippen molar-refractivity contribution in [1.29, 1.82) is 0 Å². The molecule has 2 heterocycles. The van der Waals surface area contributed by atoms with Crippen molar-refractivity contribution in [2.75, 3.05) is 31.3 Å². The third-order valence-corrected chi connectivity index (χ3v) is 2.14. The van der Waals surface area contributed by atoms with Crippen molar-refractivity contribution in [3.63, 3.8) is 0 Å². The first kappa shape index (κ1) is 9.94. The van der Waals surface area contributed by atoms with Crippen molar-refractivity contribution in [2.24, 2.45) is 0 Å². The van der Waals surface area contributed by atoms with Gasteiger partial charge in [-0.3, -0.25) is 0 Å². The van der Waals surface area contributed by atoms with Crippen molar-refractivity contribution in [2.45, 2.75) is 0 Å². The van der Waals surface area contributed by atoms with E-state index in [-0.39, 0.29) is 13.2 Å². The number of rotatable bonds is 5. The third kappa shape index (κ3) is 1.79. The first-order valence-electron chi connectivity index (χ1n) is 4.69. The third-order valence-electron chi connectivity index (χ3n) is 2.14. The predicted octanol–water partition coefficient (Wildman–Crippen LogP) is -1.55. The summed E-state index contributed by atoms with van der Waals surface area (Å²) in [6.45, 7) is 0.937. The number of imidazole rings is 1. The number of aromatic nitrogens is 4. The number of aliphatic hydroxyl groups is 2. The van der Waals surface area contributed by atoms with Gasteiger partial charge in [0.15, 0.2) is 5.65 Å². The molecule has 0 aliphatic carbocycles. The molecule has 7 heteroatoms. The molecule has 0 amide bonds. The lowest BCUT2D eigenvalue weighted by Crippen LogP contribution is -2.38. The second-order valence-corrected chi connectivity index (χ2v) is 3.07. The van der Waals surface area contributed by atoms with E-state index in [1.807, 2.05) is 0 Å². The van der Waals surface area contributed by atoms with Gasteiger partial charge in [0, 0.05) is 0 Å². The van der Waals surface area contributed by atoms with Crippen LogP contribution in [0.15, 0.2) is 18.9 Å². The molecule has 2 N–H and O–H groups in total. The highest BCUT2D eigenvalue weighted by Gasteiger charge is 2.09. The molecule has 0 atom stereocenters. The van der Waals surface area contributed by atoms with E-state index >= 15 is 0 Å². The van der Waals surface area contributed by atoms with Crippen LogP contribution >= 0.6 is 0 Å². The van der Waals surface area contributed by atoms with Crippen molar-refractivity contribution < 1.29 is 10.2 Å². The molecule has 0 aliphatic heterocycles. The van der Waals surface area contributed by atoms with Crippen LogP contribution in [0.25, 0.3) is 5.65 Å². The minimum Gasteiger partial charge on any atom is -0.394 e. The quantitative estimate of drug-likeness (QED) is 0.626. The van der Waals surface area contributed by atoms with E-state index < -0.39 is 0 Å². The van der Waals surface area contributed by atoms with Gasteiger partial charge in [0.1, 0.15) is 12.7 Å². The van der Waals surface area contributed by atoms with Crippen LogP contribution in [0.3, 0.4) is 0 Å². The molecular formula is C8H13N5O2. The summed E-state index contributed by atoms with van der Waals surface area (Å²) in [4.78, 5) is 3.95. The standard InChI is InChI=1S/C8H13N5O2/c14-3-1-11(2-4-15)13-7-10-12-6-9-5-8(12)13/h5-7,14-15H,1-4H2. The van der Waals surface area contributed by atoms with Gasteiger partial charge in [-0.25, -0.2) is 14.2 Å². The second-order valence-electron chi connectivity index (χ2n) is 3.07. The Balaban J connectivity index is 2.29. The molecule has 15 heavy (non-hydrogen) atoms. The topological polar surface area (TPSA) is 78.8 Å². The number of hydrogen-bond donors (Lipinski definition) is 2. The van der Waals surface area contributed by atoms with Crippen molar-refractivity contribution in [3.05, 3.63) is 18.9 Å². The maximum atomic E-state index is 8.91. The maximum absolute atomic E-state index is 8.91. The Kier molecular flexibility index (Phi) is 2.84. The largest absolute Gasteiger partial charge is 0.394 e. The Labute approximate surface area is 86.2 Å².